The number of hydrogen-bond donors (Lipinski definition) is 1. The van der Waals surface area contributed by atoms with Gasteiger partial charge < -0.3 is 10.1 Å². The van der Waals surface area contributed by atoms with Crippen LogP contribution in [0.1, 0.15) is 24.5 Å². The molecule has 106 valence electrons. The third kappa shape index (κ3) is 4.62. The summed E-state index contributed by atoms with van der Waals surface area (Å²) in [5.74, 6) is 0.887. The molecular weight excluding hydrogens is 316 g/mol. The number of nitrogens with zero attached hydrogens (tertiary/aromatic N) is 1. The van der Waals surface area contributed by atoms with E-state index in [9.17, 15) is 0 Å². The maximum atomic E-state index is 5.82. The van der Waals surface area contributed by atoms with Gasteiger partial charge >= 0.3 is 0 Å². The Morgan fingerprint density at radius 3 is 2.75 bits per heavy atom. The van der Waals surface area contributed by atoms with Crippen LogP contribution in [0.4, 0.5) is 0 Å². The van der Waals surface area contributed by atoms with Gasteiger partial charge in [-0.2, -0.15) is 0 Å². The van der Waals surface area contributed by atoms with Crippen molar-refractivity contribution >= 4 is 15.9 Å². The second kappa shape index (κ2) is 8.02. The van der Waals surface area contributed by atoms with E-state index in [4.69, 9.17) is 4.74 Å². The Morgan fingerprint density at radius 1 is 1.20 bits per heavy atom. The van der Waals surface area contributed by atoms with Crippen molar-refractivity contribution in [3.05, 3.63) is 58.3 Å². The molecule has 0 aliphatic heterocycles. The van der Waals surface area contributed by atoms with Crippen molar-refractivity contribution in [2.45, 2.75) is 26.5 Å². The number of ether oxygens (including phenoxy) is 1. The molecule has 2 rings (SSSR count). The SMILES string of the molecule is CCCNCc1cc(OCc2ccncc2)ccc1Br. The molecule has 3 nitrogen and oxygen atoms in total. The van der Waals surface area contributed by atoms with E-state index in [1.54, 1.807) is 12.4 Å². The summed E-state index contributed by atoms with van der Waals surface area (Å²) in [5.41, 5.74) is 2.33. The molecule has 0 unspecified atom stereocenters. The van der Waals surface area contributed by atoms with Gasteiger partial charge in [0, 0.05) is 23.4 Å². The fraction of sp³-hybridized carbons (Fsp3) is 0.312. The zero-order chi connectivity index (χ0) is 14.2. The van der Waals surface area contributed by atoms with Gasteiger partial charge in [-0.25, -0.2) is 0 Å². The second-order valence-corrected chi connectivity index (χ2v) is 5.43. The predicted molar refractivity (Wildman–Crippen MR) is 84.7 cm³/mol. The molecule has 0 saturated heterocycles. The van der Waals surface area contributed by atoms with Crippen molar-refractivity contribution in [2.24, 2.45) is 0 Å². The van der Waals surface area contributed by atoms with Gasteiger partial charge in [0.2, 0.25) is 0 Å². The molecule has 0 bridgehead atoms. The summed E-state index contributed by atoms with van der Waals surface area (Å²) in [6.07, 6.45) is 4.69. The molecule has 0 fully saturated rings. The van der Waals surface area contributed by atoms with E-state index in [0.29, 0.717) is 6.61 Å². The first-order valence-electron chi connectivity index (χ1n) is 6.80. The molecule has 0 amide bonds. The third-order valence-corrected chi connectivity index (χ3v) is 3.69. The summed E-state index contributed by atoms with van der Waals surface area (Å²) in [6, 6.07) is 10.0. The van der Waals surface area contributed by atoms with Gasteiger partial charge in [0.25, 0.3) is 0 Å². The van der Waals surface area contributed by atoms with Crippen LogP contribution < -0.4 is 10.1 Å². The summed E-state index contributed by atoms with van der Waals surface area (Å²) in [6.45, 7) is 4.59. The zero-order valence-electron chi connectivity index (χ0n) is 11.6. The largest absolute Gasteiger partial charge is 0.489 e. The van der Waals surface area contributed by atoms with Crippen LogP contribution in [0.15, 0.2) is 47.2 Å². The molecule has 20 heavy (non-hydrogen) atoms. The zero-order valence-corrected chi connectivity index (χ0v) is 13.2. The van der Waals surface area contributed by atoms with E-state index in [0.717, 1.165) is 35.3 Å². The fourth-order valence-electron chi connectivity index (χ4n) is 1.82. The molecule has 0 aliphatic rings. The molecule has 0 atom stereocenters. The average molecular weight is 335 g/mol. The standard InChI is InChI=1S/C16H19BrN2O/c1-2-7-19-11-14-10-15(3-4-16(14)17)20-12-13-5-8-18-9-6-13/h3-6,8-10,19H,2,7,11-12H2,1H3. The third-order valence-electron chi connectivity index (χ3n) is 2.91. The van der Waals surface area contributed by atoms with E-state index in [2.05, 4.69) is 39.2 Å². The van der Waals surface area contributed by atoms with Gasteiger partial charge in [-0.1, -0.05) is 22.9 Å². The Bertz CT molecular complexity index is 531. The van der Waals surface area contributed by atoms with Gasteiger partial charge in [0.1, 0.15) is 12.4 Å². The minimum atomic E-state index is 0.561. The molecule has 1 aromatic carbocycles. The Balaban J connectivity index is 1.96. The molecule has 0 radical (unpaired) electrons. The Labute approximate surface area is 128 Å². The quantitative estimate of drug-likeness (QED) is 0.779. The molecule has 0 saturated carbocycles. The summed E-state index contributed by atoms with van der Waals surface area (Å²) < 4.78 is 6.93. The molecule has 0 aliphatic carbocycles. The van der Waals surface area contributed by atoms with Crippen LogP contribution in [0.25, 0.3) is 0 Å². The Morgan fingerprint density at radius 2 is 2.00 bits per heavy atom. The van der Waals surface area contributed by atoms with Gasteiger partial charge in [-0.15, -0.1) is 0 Å². The highest BCUT2D eigenvalue weighted by Gasteiger charge is 2.03. The molecule has 1 heterocycles. The summed E-state index contributed by atoms with van der Waals surface area (Å²) in [5, 5.41) is 3.40. The molecular formula is C16H19BrN2O. The van der Waals surface area contributed by atoms with Gasteiger partial charge in [-0.3, -0.25) is 4.98 Å². The number of rotatable bonds is 7. The van der Waals surface area contributed by atoms with E-state index in [1.807, 2.05) is 24.3 Å². The van der Waals surface area contributed by atoms with E-state index < -0.39 is 0 Å². The lowest BCUT2D eigenvalue weighted by Crippen LogP contribution is -2.14. The van der Waals surface area contributed by atoms with Crippen molar-refractivity contribution in [3.63, 3.8) is 0 Å². The normalized spacial score (nSPS) is 10.5. The summed E-state index contributed by atoms with van der Waals surface area (Å²) in [4.78, 5) is 4.00. The van der Waals surface area contributed by atoms with Crippen LogP contribution in [-0.4, -0.2) is 11.5 Å². The van der Waals surface area contributed by atoms with Crippen LogP contribution in [0, 0.1) is 0 Å². The highest BCUT2D eigenvalue weighted by atomic mass is 79.9. The number of hydrogen-bond acceptors (Lipinski definition) is 3. The molecule has 2 aromatic rings. The first-order valence-corrected chi connectivity index (χ1v) is 7.59. The van der Waals surface area contributed by atoms with Crippen LogP contribution in [0.3, 0.4) is 0 Å². The van der Waals surface area contributed by atoms with Crippen molar-refractivity contribution in [2.75, 3.05) is 6.54 Å². The number of benzene rings is 1. The van der Waals surface area contributed by atoms with Crippen LogP contribution in [-0.2, 0) is 13.2 Å². The fourth-order valence-corrected chi connectivity index (χ4v) is 2.21. The molecule has 1 N–H and O–H groups in total. The minimum absolute atomic E-state index is 0.561. The van der Waals surface area contributed by atoms with E-state index in [-0.39, 0.29) is 0 Å². The van der Waals surface area contributed by atoms with Gasteiger partial charge in [0.05, 0.1) is 0 Å². The highest BCUT2D eigenvalue weighted by Crippen LogP contribution is 2.23. The van der Waals surface area contributed by atoms with Crippen molar-refractivity contribution in [1.29, 1.82) is 0 Å². The van der Waals surface area contributed by atoms with E-state index >= 15 is 0 Å². The lowest BCUT2D eigenvalue weighted by atomic mass is 10.2. The second-order valence-electron chi connectivity index (χ2n) is 4.57. The van der Waals surface area contributed by atoms with Crippen molar-refractivity contribution < 1.29 is 4.74 Å². The number of aromatic nitrogens is 1. The predicted octanol–water partition coefficient (Wildman–Crippen LogP) is 3.92. The maximum absolute atomic E-state index is 5.82. The highest BCUT2D eigenvalue weighted by molar-refractivity contribution is 9.10. The van der Waals surface area contributed by atoms with E-state index in [1.165, 1.54) is 5.56 Å². The van der Waals surface area contributed by atoms with Gasteiger partial charge in [0.15, 0.2) is 0 Å². The number of halogens is 1. The summed E-state index contributed by atoms with van der Waals surface area (Å²) in [7, 11) is 0. The minimum Gasteiger partial charge on any atom is -0.489 e. The van der Waals surface area contributed by atoms with Crippen LogP contribution >= 0.6 is 15.9 Å². The topological polar surface area (TPSA) is 34.1 Å². The molecule has 4 heteroatoms. The van der Waals surface area contributed by atoms with Gasteiger partial charge in [-0.05, 0) is 54.4 Å². The molecule has 1 aromatic heterocycles. The smallest absolute Gasteiger partial charge is 0.120 e. The lowest BCUT2D eigenvalue weighted by Gasteiger charge is -2.10. The van der Waals surface area contributed by atoms with Crippen LogP contribution in [0.2, 0.25) is 0 Å². The van der Waals surface area contributed by atoms with Crippen molar-refractivity contribution in [3.8, 4) is 5.75 Å². The Hall–Kier alpha value is -1.39. The Kier molecular flexibility index (Phi) is 6.02. The average Bonchev–Trinajstić information content (AvgIpc) is 2.49. The number of pyridine rings is 1. The summed E-state index contributed by atoms with van der Waals surface area (Å²) >= 11 is 3.57. The monoisotopic (exact) mass is 334 g/mol. The first-order chi connectivity index (χ1) is 9.79. The van der Waals surface area contributed by atoms with Crippen molar-refractivity contribution in [1.82, 2.24) is 10.3 Å². The maximum Gasteiger partial charge on any atom is 0.120 e. The first kappa shape index (κ1) is 15.0. The number of nitrogens with one attached hydrogen (secondary N) is 1. The van der Waals surface area contributed by atoms with Crippen LogP contribution in [0.5, 0.6) is 5.75 Å². The molecule has 0 spiro atoms. The lowest BCUT2D eigenvalue weighted by molar-refractivity contribution is 0.305.